The van der Waals surface area contributed by atoms with Gasteiger partial charge in [-0.3, -0.25) is 4.79 Å². The van der Waals surface area contributed by atoms with Crippen molar-refractivity contribution in [3.8, 4) is 0 Å². The van der Waals surface area contributed by atoms with Crippen molar-refractivity contribution in [2.75, 3.05) is 13.2 Å². The average Bonchev–Trinajstić information content (AvgIpc) is 3.33. The number of ether oxygens (including phenoxy) is 2. The van der Waals surface area contributed by atoms with E-state index in [-0.39, 0.29) is 12.5 Å². The maximum Gasteiger partial charge on any atom is 0.220 e. The summed E-state index contributed by atoms with van der Waals surface area (Å²) in [6, 6.07) is -0.804. The smallest absolute Gasteiger partial charge is 0.220 e. The standard InChI is InChI=1S/C58H101NO8/c1-3-5-7-9-11-12-13-14-15-16-17-18-19-20-21-22-23-24-25-26-27-28-29-30-31-32-33-34-35-36-37-38-39-40-42-44-46-48-54(62)59-51(52(61)47-45-43-41-10-8-6-4-2)50-66-58-57(65)56(64)55(63)53(49-60)67-58/h5,7,11-12,14-15,17-18,20-21,23-24,45,47,51-53,55-58,60-61,63-65H,3-4,6,8-10,13,16,19,22,25-44,46,48-50H2,1-2H3,(H,59,62)/b7-5-,12-11-,15-14-,18-17-,21-20-,24-23-,47-45+. The summed E-state index contributed by atoms with van der Waals surface area (Å²) < 4.78 is 11.2. The van der Waals surface area contributed by atoms with Gasteiger partial charge in [-0.2, -0.15) is 0 Å². The van der Waals surface area contributed by atoms with Gasteiger partial charge in [-0.1, -0.05) is 227 Å². The molecular weight excluding hydrogens is 839 g/mol. The van der Waals surface area contributed by atoms with Crippen LogP contribution in [0.25, 0.3) is 0 Å². The van der Waals surface area contributed by atoms with E-state index in [0.29, 0.717) is 6.42 Å². The second-order valence-corrected chi connectivity index (χ2v) is 18.6. The Kier molecular flexibility index (Phi) is 43.8. The lowest BCUT2D eigenvalue weighted by molar-refractivity contribution is -0.302. The molecular formula is C58H101NO8. The van der Waals surface area contributed by atoms with Crippen LogP contribution in [0.3, 0.4) is 0 Å². The van der Waals surface area contributed by atoms with Crippen molar-refractivity contribution in [1.82, 2.24) is 5.32 Å². The number of nitrogens with one attached hydrogen (secondary N) is 1. The lowest BCUT2D eigenvalue weighted by Crippen LogP contribution is -2.60. The highest BCUT2D eigenvalue weighted by Gasteiger charge is 2.44. The summed E-state index contributed by atoms with van der Waals surface area (Å²) in [4.78, 5) is 12.9. The van der Waals surface area contributed by atoms with Crippen molar-refractivity contribution < 1.29 is 39.8 Å². The van der Waals surface area contributed by atoms with Gasteiger partial charge < -0.3 is 40.3 Å². The molecule has 67 heavy (non-hydrogen) atoms. The second-order valence-electron chi connectivity index (χ2n) is 18.6. The molecule has 1 aliphatic rings. The number of hydrogen-bond acceptors (Lipinski definition) is 8. The number of amides is 1. The lowest BCUT2D eigenvalue weighted by Gasteiger charge is -2.40. The van der Waals surface area contributed by atoms with Gasteiger partial charge in [-0.25, -0.2) is 0 Å². The summed E-state index contributed by atoms with van der Waals surface area (Å²) in [5, 5.41) is 54.0. The third-order valence-electron chi connectivity index (χ3n) is 12.5. The Morgan fingerprint density at radius 1 is 0.522 bits per heavy atom. The van der Waals surface area contributed by atoms with Crippen LogP contribution in [0, 0.1) is 0 Å². The van der Waals surface area contributed by atoms with E-state index in [1.807, 2.05) is 6.08 Å². The Morgan fingerprint density at radius 3 is 1.37 bits per heavy atom. The van der Waals surface area contributed by atoms with Crippen LogP contribution in [0.4, 0.5) is 0 Å². The molecule has 1 rings (SSSR count). The maximum atomic E-state index is 12.9. The van der Waals surface area contributed by atoms with Gasteiger partial charge in [0, 0.05) is 6.42 Å². The van der Waals surface area contributed by atoms with Gasteiger partial charge >= 0.3 is 0 Å². The minimum absolute atomic E-state index is 0.183. The van der Waals surface area contributed by atoms with Gasteiger partial charge in [0.25, 0.3) is 0 Å². The highest BCUT2D eigenvalue weighted by atomic mass is 16.7. The Balaban J connectivity index is 2.03. The molecule has 9 heteroatoms. The summed E-state index contributed by atoms with van der Waals surface area (Å²) in [6.07, 6.45) is 59.8. The molecule has 1 aliphatic heterocycles. The zero-order valence-corrected chi connectivity index (χ0v) is 42.6. The number of rotatable bonds is 45. The number of carbonyl (C=O) groups excluding carboxylic acids is 1. The van der Waals surface area contributed by atoms with Crippen molar-refractivity contribution in [1.29, 1.82) is 0 Å². The number of aliphatic hydroxyl groups excluding tert-OH is 5. The molecule has 0 radical (unpaired) electrons. The first kappa shape index (κ1) is 62.4. The molecule has 0 aromatic carbocycles. The normalized spacial score (nSPS) is 20.4. The zero-order chi connectivity index (χ0) is 48.7. The van der Waals surface area contributed by atoms with Crippen molar-refractivity contribution in [3.05, 3.63) is 85.1 Å². The molecule has 0 aliphatic carbocycles. The second kappa shape index (κ2) is 47.1. The van der Waals surface area contributed by atoms with E-state index in [4.69, 9.17) is 9.47 Å². The predicted molar refractivity (Wildman–Crippen MR) is 281 cm³/mol. The topological polar surface area (TPSA) is 149 Å². The highest BCUT2D eigenvalue weighted by Crippen LogP contribution is 2.23. The quantitative estimate of drug-likeness (QED) is 0.0261. The van der Waals surface area contributed by atoms with Gasteiger partial charge in [-0.05, 0) is 70.6 Å². The molecule has 386 valence electrons. The van der Waals surface area contributed by atoms with Crippen LogP contribution in [0.5, 0.6) is 0 Å². The number of allylic oxidation sites excluding steroid dienone is 13. The number of carbonyl (C=O) groups is 1. The van der Waals surface area contributed by atoms with Gasteiger partial charge in [0.2, 0.25) is 5.91 Å². The molecule has 0 aromatic rings. The third kappa shape index (κ3) is 36.9. The highest BCUT2D eigenvalue weighted by molar-refractivity contribution is 5.76. The summed E-state index contributed by atoms with van der Waals surface area (Å²) in [7, 11) is 0. The van der Waals surface area contributed by atoms with Crippen molar-refractivity contribution in [2.24, 2.45) is 0 Å². The Bertz CT molecular complexity index is 1320. The number of unbranched alkanes of at least 4 members (excludes halogenated alkanes) is 23. The van der Waals surface area contributed by atoms with E-state index in [2.05, 4.69) is 92.1 Å². The summed E-state index contributed by atoms with van der Waals surface area (Å²) in [5.74, 6) is -0.183. The molecule has 9 nitrogen and oxygen atoms in total. The van der Waals surface area contributed by atoms with Crippen LogP contribution in [-0.4, -0.2) is 87.5 Å². The van der Waals surface area contributed by atoms with Crippen LogP contribution in [0.2, 0.25) is 0 Å². The largest absolute Gasteiger partial charge is 0.394 e. The Hall–Kier alpha value is -2.63. The van der Waals surface area contributed by atoms with Crippen molar-refractivity contribution >= 4 is 5.91 Å². The van der Waals surface area contributed by atoms with E-state index in [0.717, 1.165) is 77.0 Å². The van der Waals surface area contributed by atoms with Crippen LogP contribution >= 0.6 is 0 Å². The van der Waals surface area contributed by atoms with E-state index >= 15 is 0 Å². The molecule has 1 fully saturated rings. The van der Waals surface area contributed by atoms with E-state index in [1.54, 1.807) is 6.08 Å². The molecule has 6 N–H and O–H groups in total. The van der Waals surface area contributed by atoms with Gasteiger partial charge in [-0.15, -0.1) is 0 Å². The third-order valence-corrected chi connectivity index (χ3v) is 12.5. The molecule has 7 atom stereocenters. The summed E-state index contributed by atoms with van der Waals surface area (Å²) in [5.41, 5.74) is 0. The molecule has 0 bridgehead atoms. The monoisotopic (exact) mass is 940 g/mol. The summed E-state index contributed by atoms with van der Waals surface area (Å²) in [6.45, 7) is 3.59. The number of hydrogen-bond donors (Lipinski definition) is 6. The minimum atomic E-state index is -1.57. The molecule has 0 aromatic heterocycles. The van der Waals surface area contributed by atoms with Crippen molar-refractivity contribution in [2.45, 2.75) is 262 Å². The molecule has 1 saturated heterocycles. The first-order valence-corrected chi connectivity index (χ1v) is 27.3. The molecule has 1 amide bonds. The fraction of sp³-hybridized carbons (Fsp3) is 0.741. The average molecular weight is 940 g/mol. The lowest BCUT2D eigenvalue weighted by atomic mass is 9.99. The molecule has 0 saturated carbocycles. The van der Waals surface area contributed by atoms with Gasteiger partial charge in [0.1, 0.15) is 24.4 Å². The molecule has 1 heterocycles. The van der Waals surface area contributed by atoms with Gasteiger partial charge in [0.05, 0.1) is 25.4 Å². The van der Waals surface area contributed by atoms with Crippen molar-refractivity contribution in [3.63, 3.8) is 0 Å². The molecule has 7 unspecified atom stereocenters. The summed E-state index contributed by atoms with van der Waals surface area (Å²) >= 11 is 0. The van der Waals surface area contributed by atoms with Crippen LogP contribution in [0.15, 0.2) is 85.1 Å². The fourth-order valence-corrected chi connectivity index (χ4v) is 8.16. The maximum absolute atomic E-state index is 12.9. The zero-order valence-electron chi connectivity index (χ0n) is 42.6. The minimum Gasteiger partial charge on any atom is -0.394 e. The number of aliphatic hydroxyl groups is 5. The first-order chi connectivity index (χ1) is 32.8. The Labute approximate surface area is 410 Å². The van der Waals surface area contributed by atoms with Crippen LogP contribution in [-0.2, 0) is 14.3 Å². The molecule has 0 spiro atoms. The van der Waals surface area contributed by atoms with E-state index in [9.17, 15) is 30.3 Å². The predicted octanol–water partition coefficient (Wildman–Crippen LogP) is 13.1. The van der Waals surface area contributed by atoms with E-state index in [1.165, 1.54) is 122 Å². The fourth-order valence-electron chi connectivity index (χ4n) is 8.16. The van der Waals surface area contributed by atoms with Crippen LogP contribution < -0.4 is 5.32 Å². The van der Waals surface area contributed by atoms with E-state index < -0.39 is 49.5 Å². The first-order valence-electron chi connectivity index (χ1n) is 27.3. The van der Waals surface area contributed by atoms with Crippen LogP contribution in [0.1, 0.15) is 219 Å². The van der Waals surface area contributed by atoms with Gasteiger partial charge in [0.15, 0.2) is 6.29 Å². The Morgan fingerprint density at radius 2 is 0.925 bits per heavy atom. The SMILES string of the molecule is CC/C=C\C/C=C\C/C=C\C/C=C\C/C=C\C/C=C\CCCCCCCCCCCCCCCCCCCCC(=O)NC(COC1OC(CO)C(O)C(O)C1O)C(O)/C=C/CCCCCCC.